The number of nitrogens with zero attached hydrogens (tertiary/aromatic N) is 1. The highest BCUT2D eigenvalue weighted by atomic mass is 19.4. The molecule has 2 fully saturated rings. The zero-order valence-electron chi connectivity index (χ0n) is 16.2. The van der Waals surface area contributed by atoms with Gasteiger partial charge in [0.25, 0.3) is 0 Å². The Hall–Kier alpha value is -1.75. The molecule has 1 saturated carbocycles. The molecule has 1 saturated heterocycles. The summed E-state index contributed by atoms with van der Waals surface area (Å²) in [5.41, 5.74) is 0.128. The third-order valence-corrected chi connectivity index (χ3v) is 5.30. The van der Waals surface area contributed by atoms with Crippen LogP contribution in [0.15, 0.2) is 18.2 Å². The summed E-state index contributed by atoms with van der Waals surface area (Å²) in [5, 5.41) is 0. The van der Waals surface area contributed by atoms with Crippen LogP contribution in [0.5, 0.6) is 0 Å². The van der Waals surface area contributed by atoms with Crippen LogP contribution in [-0.2, 0) is 20.4 Å². The van der Waals surface area contributed by atoms with Crippen LogP contribution in [0.25, 0.3) is 0 Å². The second-order valence-corrected chi connectivity index (χ2v) is 7.24. The summed E-state index contributed by atoms with van der Waals surface area (Å²) >= 11 is 0. The Morgan fingerprint density at radius 1 is 1.07 bits per heavy atom. The topological polar surface area (TPSA) is 30.9 Å². The fraction of sp³-hybridized carbons (Fsp3) is 0.619. The van der Waals surface area contributed by atoms with Crippen LogP contribution in [0.2, 0.25) is 0 Å². The second kappa shape index (κ2) is 9.17. The van der Waals surface area contributed by atoms with Gasteiger partial charge >= 0.3 is 6.18 Å². The SMILES string of the molecule is COCC#Cc1ccc(C(F)(F)F)c(N2CCC(OC3CC(OC)C3)CC2)c1. The first kappa shape index (κ1) is 21.0. The van der Waals surface area contributed by atoms with Gasteiger partial charge in [-0.2, -0.15) is 13.2 Å². The Labute approximate surface area is 163 Å². The summed E-state index contributed by atoms with van der Waals surface area (Å²) in [6.07, 6.45) is -0.585. The molecule has 1 aromatic rings. The van der Waals surface area contributed by atoms with Crippen molar-refractivity contribution in [1.29, 1.82) is 0 Å². The van der Waals surface area contributed by atoms with Crippen molar-refractivity contribution in [3.05, 3.63) is 29.3 Å². The minimum Gasteiger partial charge on any atom is -0.381 e. The van der Waals surface area contributed by atoms with Gasteiger partial charge in [0.05, 0.1) is 29.6 Å². The molecule has 0 N–H and O–H groups in total. The summed E-state index contributed by atoms with van der Waals surface area (Å²) in [5.74, 6) is 5.65. The van der Waals surface area contributed by atoms with Crippen molar-refractivity contribution in [1.82, 2.24) is 0 Å². The van der Waals surface area contributed by atoms with E-state index < -0.39 is 11.7 Å². The van der Waals surface area contributed by atoms with E-state index in [1.807, 2.05) is 0 Å². The molecule has 0 spiro atoms. The van der Waals surface area contributed by atoms with Crippen LogP contribution in [0.4, 0.5) is 18.9 Å². The maximum Gasteiger partial charge on any atom is 0.418 e. The van der Waals surface area contributed by atoms with Gasteiger partial charge in [-0.15, -0.1) is 0 Å². The predicted octanol–water partition coefficient (Wildman–Crippen LogP) is 3.87. The molecule has 2 aliphatic rings. The fourth-order valence-corrected chi connectivity index (χ4v) is 3.65. The summed E-state index contributed by atoms with van der Waals surface area (Å²) in [6, 6.07) is 4.06. The van der Waals surface area contributed by atoms with E-state index in [-0.39, 0.29) is 30.6 Å². The molecular formula is C21H26F3NO3. The van der Waals surface area contributed by atoms with E-state index in [9.17, 15) is 13.2 Å². The number of halogens is 3. The summed E-state index contributed by atoms with van der Waals surface area (Å²) in [7, 11) is 3.23. The molecule has 154 valence electrons. The van der Waals surface area contributed by atoms with Crippen molar-refractivity contribution in [2.24, 2.45) is 0 Å². The third kappa shape index (κ3) is 5.19. The van der Waals surface area contributed by atoms with E-state index in [0.717, 1.165) is 18.9 Å². The summed E-state index contributed by atoms with van der Waals surface area (Å²) < 4.78 is 56.7. The molecule has 1 aromatic carbocycles. The molecule has 0 aromatic heterocycles. The van der Waals surface area contributed by atoms with Crippen molar-refractivity contribution in [3.63, 3.8) is 0 Å². The molecule has 4 nitrogen and oxygen atoms in total. The number of rotatable bonds is 5. The first-order valence-electron chi connectivity index (χ1n) is 9.53. The molecule has 1 aliphatic heterocycles. The van der Waals surface area contributed by atoms with E-state index in [1.165, 1.54) is 19.2 Å². The molecular weight excluding hydrogens is 371 g/mol. The normalized spacial score (nSPS) is 23.1. The Bertz CT molecular complexity index is 712. The lowest BCUT2D eigenvalue weighted by atomic mass is 9.91. The molecule has 7 heteroatoms. The largest absolute Gasteiger partial charge is 0.418 e. The minimum atomic E-state index is -4.40. The van der Waals surface area contributed by atoms with E-state index >= 15 is 0 Å². The van der Waals surface area contributed by atoms with Crippen LogP contribution in [0.3, 0.4) is 0 Å². The summed E-state index contributed by atoms with van der Waals surface area (Å²) in [4.78, 5) is 1.79. The van der Waals surface area contributed by atoms with Gasteiger partial charge in [-0.25, -0.2) is 0 Å². The van der Waals surface area contributed by atoms with Crippen molar-refractivity contribution >= 4 is 5.69 Å². The zero-order valence-corrected chi connectivity index (χ0v) is 16.2. The third-order valence-electron chi connectivity index (χ3n) is 5.30. The first-order valence-corrected chi connectivity index (χ1v) is 9.53. The van der Waals surface area contributed by atoms with Crippen LogP contribution in [0.1, 0.15) is 36.8 Å². The highest BCUT2D eigenvalue weighted by Gasteiger charge is 2.37. The standard InChI is InChI=1S/C21H26F3NO3/c1-26-11-3-4-15-5-6-19(21(22,23)24)20(12-15)25-9-7-16(8-10-25)28-18-13-17(14-18)27-2/h5-6,12,16-18H,7-11,13-14H2,1-2H3. The molecule has 1 heterocycles. The van der Waals surface area contributed by atoms with Crippen molar-refractivity contribution in [3.8, 4) is 11.8 Å². The fourth-order valence-electron chi connectivity index (χ4n) is 3.65. The van der Waals surface area contributed by atoms with Gasteiger partial charge in [0.2, 0.25) is 0 Å². The number of benzene rings is 1. The molecule has 28 heavy (non-hydrogen) atoms. The molecule has 1 aliphatic carbocycles. The molecule has 0 radical (unpaired) electrons. The Kier molecular flexibility index (Phi) is 6.86. The zero-order chi connectivity index (χ0) is 20.1. The number of piperidine rings is 1. The van der Waals surface area contributed by atoms with Crippen LogP contribution in [0, 0.1) is 11.8 Å². The lowest BCUT2D eigenvalue weighted by Gasteiger charge is -2.40. The van der Waals surface area contributed by atoms with Crippen molar-refractivity contribution in [2.45, 2.75) is 50.2 Å². The number of hydrogen-bond donors (Lipinski definition) is 0. The lowest BCUT2D eigenvalue weighted by Crippen LogP contribution is -2.43. The van der Waals surface area contributed by atoms with Gasteiger partial charge < -0.3 is 19.1 Å². The van der Waals surface area contributed by atoms with Crippen molar-refractivity contribution in [2.75, 3.05) is 38.8 Å². The average molecular weight is 397 g/mol. The Morgan fingerprint density at radius 3 is 2.39 bits per heavy atom. The molecule has 0 unspecified atom stereocenters. The number of methoxy groups -OCH3 is 2. The summed E-state index contributed by atoms with van der Waals surface area (Å²) in [6.45, 7) is 1.30. The Morgan fingerprint density at radius 2 is 1.79 bits per heavy atom. The Balaban J connectivity index is 1.66. The first-order chi connectivity index (χ1) is 13.4. The molecule has 0 atom stereocenters. The molecule has 0 amide bonds. The van der Waals surface area contributed by atoms with Crippen LogP contribution in [-0.4, -0.2) is 52.2 Å². The van der Waals surface area contributed by atoms with Gasteiger partial charge in [0, 0.05) is 32.9 Å². The van der Waals surface area contributed by atoms with E-state index in [1.54, 1.807) is 12.0 Å². The van der Waals surface area contributed by atoms with Gasteiger partial charge in [-0.3, -0.25) is 0 Å². The predicted molar refractivity (Wildman–Crippen MR) is 100 cm³/mol. The van der Waals surface area contributed by atoms with Gasteiger partial charge in [-0.1, -0.05) is 11.8 Å². The maximum absolute atomic E-state index is 13.5. The number of anilines is 1. The second-order valence-electron chi connectivity index (χ2n) is 7.24. The molecule has 3 rings (SSSR count). The van der Waals surface area contributed by atoms with Gasteiger partial charge in [-0.05, 0) is 43.9 Å². The van der Waals surface area contributed by atoms with Crippen molar-refractivity contribution < 1.29 is 27.4 Å². The van der Waals surface area contributed by atoms with Gasteiger partial charge in [0.1, 0.15) is 6.61 Å². The smallest absolute Gasteiger partial charge is 0.381 e. The quantitative estimate of drug-likeness (QED) is 0.706. The van der Waals surface area contributed by atoms with Crippen LogP contribution < -0.4 is 4.90 Å². The van der Waals surface area contributed by atoms with E-state index in [4.69, 9.17) is 14.2 Å². The highest BCUT2D eigenvalue weighted by Crippen LogP contribution is 2.38. The van der Waals surface area contributed by atoms with E-state index in [2.05, 4.69) is 11.8 Å². The van der Waals surface area contributed by atoms with Crippen LogP contribution >= 0.6 is 0 Å². The highest BCUT2D eigenvalue weighted by molar-refractivity contribution is 5.59. The van der Waals surface area contributed by atoms with Gasteiger partial charge in [0.15, 0.2) is 0 Å². The number of ether oxygens (including phenoxy) is 3. The number of alkyl halides is 3. The minimum absolute atomic E-state index is 0.0954. The van der Waals surface area contributed by atoms with E-state index in [0.29, 0.717) is 31.5 Å². The monoisotopic (exact) mass is 397 g/mol. The number of hydrogen-bond acceptors (Lipinski definition) is 4. The maximum atomic E-state index is 13.5. The lowest BCUT2D eigenvalue weighted by molar-refractivity contribution is -0.137. The molecule has 0 bridgehead atoms. The average Bonchev–Trinajstić information content (AvgIpc) is 2.64.